The highest BCUT2D eigenvalue weighted by Gasteiger charge is 2.41. The van der Waals surface area contributed by atoms with E-state index in [1.807, 2.05) is 0 Å². The molecule has 0 radical (unpaired) electrons. The third-order valence-corrected chi connectivity index (χ3v) is 27.1. The van der Waals surface area contributed by atoms with Gasteiger partial charge in [0.2, 0.25) is 0 Å². The summed E-state index contributed by atoms with van der Waals surface area (Å²) in [4.78, 5) is 58.5. The number of allylic oxidation sites excluding steroid dienone is 12. The average molecular weight is 1480 g/mol. The molecule has 13 rings (SSSR count). The standard InChI is InChI=1S/C99H126N12/c1-31-61-67(37-7)85-86-68(38-8)62(32-2)80(101-86)44-74-50(14)57(21)93(107-74)98(27,28)94-58(22)52(16)76(109-94)46-82-65(35-5)71(41-11)89(104-82)90-72(42-12)66(36-6)84(105-90)48-78-54(18)60(24)96(111-78)99(29,30)95-59(23)53(17)77(110-95)47-83-64(34-4)70(40-10)88(103-83)87-69(39-9)63(33-3)81(102-87)45-75-51(15)56(20)92(108-75)97(25,26)91-55(19)49(13)73(106-91)43-79(61)100-85/h43-48,106-111H,31-42H2,1-30H3/b79-43-,80-44-,81-45-,82-46-,83-47-,84-48-. The first-order chi connectivity index (χ1) is 52.7. The minimum Gasteiger partial charge on any atom is -0.358 e. The van der Waals surface area contributed by atoms with Crippen LogP contribution < -0.4 is 0 Å². The highest BCUT2D eigenvalue weighted by Crippen LogP contribution is 2.48. The molecule has 0 unspecified atom stereocenters. The fourth-order valence-electron chi connectivity index (χ4n) is 19.9. The van der Waals surface area contributed by atoms with Gasteiger partial charge in [-0.25, -0.2) is 30.0 Å². The summed E-state index contributed by atoms with van der Waals surface area (Å²) in [6, 6.07) is 0. The van der Waals surface area contributed by atoms with E-state index in [-0.39, 0.29) is 0 Å². The first-order valence-electron chi connectivity index (χ1n) is 42.1. The number of hydrogen-bond acceptors (Lipinski definition) is 6. The summed E-state index contributed by atoms with van der Waals surface area (Å²) in [6.07, 6.45) is 24.3. The monoisotopic (exact) mass is 1480 g/mol. The highest BCUT2D eigenvalue weighted by molar-refractivity contribution is 6.57. The van der Waals surface area contributed by atoms with Gasteiger partial charge < -0.3 is 29.9 Å². The maximum atomic E-state index is 5.70. The van der Waals surface area contributed by atoms with E-state index in [0.29, 0.717) is 0 Å². The minimum atomic E-state index is -0.414. The van der Waals surface area contributed by atoms with E-state index in [2.05, 4.69) is 274 Å². The molecule has 6 aromatic rings. The Bertz CT molecular complexity index is 4710. The van der Waals surface area contributed by atoms with Gasteiger partial charge in [0.05, 0.1) is 68.5 Å². The second-order valence-corrected chi connectivity index (χ2v) is 33.8. The molecule has 0 spiro atoms. The fraction of sp³-hybridized carbons (Fsp3) is 0.455. The largest absolute Gasteiger partial charge is 0.358 e. The lowest BCUT2D eigenvalue weighted by Crippen LogP contribution is -2.22. The van der Waals surface area contributed by atoms with Crippen molar-refractivity contribution in [2.45, 2.75) is 301 Å². The second kappa shape index (κ2) is 29.9. The lowest BCUT2D eigenvalue weighted by Gasteiger charge is -2.25. The van der Waals surface area contributed by atoms with E-state index in [0.717, 1.165) is 180 Å². The van der Waals surface area contributed by atoms with Crippen LogP contribution in [0.15, 0.2) is 131 Å². The summed E-state index contributed by atoms with van der Waals surface area (Å²) in [7, 11) is 0. The molecule has 7 aliphatic rings. The van der Waals surface area contributed by atoms with E-state index in [1.165, 1.54) is 168 Å². The Morgan fingerprint density at radius 2 is 0.306 bits per heavy atom. The predicted molar refractivity (Wildman–Crippen MR) is 476 cm³/mol. The van der Waals surface area contributed by atoms with Crippen molar-refractivity contribution in [3.05, 3.63) is 236 Å². The molecule has 0 saturated carbocycles. The van der Waals surface area contributed by atoms with Crippen molar-refractivity contribution in [3.8, 4) is 0 Å². The van der Waals surface area contributed by atoms with E-state index in [4.69, 9.17) is 30.0 Å². The molecule has 7 aliphatic heterocycles. The van der Waals surface area contributed by atoms with Gasteiger partial charge in [0.15, 0.2) is 0 Å². The number of aromatic amines is 6. The number of hydrogen-bond donors (Lipinski definition) is 6. The smallest absolute Gasteiger partial charge is 0.0932 e. The van der Waals surface area contributed by atoms with Crippen molar-refractivity contribution >= 4 is 70.7 Å². The molecule has 12 nitrogen and oxygen atoms in total. The normalized spacial score (nSPS) is 21.4. The number of aliphatic imine (C=N–C) groups is 6. The van der Waals surface area contributed by atoms with Crippen LogP contribution >= 0.6 is 0 Å². The van der Waals surface area contributed by atoms with Crippen molar-refractivity contribution in [2.75, 3.05) is 0 Å². The van der Waals surface area contributed by atoms with Gasteiger partial charge in [-0.2, -0.15) is 0 Å². The summed E-state index contributed by atoms with van der Waals surface area (Å²) in [5.74, 6) is 0. The summed E-state index contributed by atoms with van der Waals surface area (Å²) in [6.45, 7) is 68.9. The first-order valence-corrected chi connectivity index (χ1v) is 42.1. The van der Waals surface area contributed by atoms with Gasteiger partial charge in [-0.05, 0) is 372 Å². The molecular formula is C99H126N12. The van der Waals surface area contributed by atoms with Gasteiger partial charge in [0.1, 0.15) is 0 Å². The number of aromatic nitrogens is 6. The third kappa shape index (κ3) is 12.6. The molecule has 0 amide bonds. The number of nitrogens with one attached hydrogen (secondary N) is 6. The van der Waals surface area contributed by atoms with Gasteiger partial charge in [-0.3, -0.25) is 0 Å². The molecule has 0 aliphatic carbocycles. The average Bonchev–Trinajstić information content (AvgIpc) is 1.61. The Balaban J connectivity index is 0.985. The molecule has 13 heterocycles. The van der Waals surface area contributed by atoms with Crippen LogP contribution in [0.3, 0.4) is 0 Å². The molecule has 111 heavy (non-hydrogen) atoms. The van der Waals surface area contributed by atoms with Gasteiger partial charge in [-0.1, -0.05) is 83.1 Å². The molecule has 0 aromatic carbocycles. The molecule has 0 fully saturated rings. The van der Waals surface area contributed by atoms with Crippen LogP contribution in [0.1, 0.15) is 337 Å². The Kier molecular flexibility index (Phi) is 21.5. The van der Waals surface area contributed by atoms with Crippen molar-refractivity contribution in [1.29, 1.82) is 0 Å². The SMILES string of the molecule is CCC1=C(CC)/C2=C/c3[nH]c(c(C)c3C)C(C)(C)c3[nH]c(c(C)c3C)/C=C3\N=C(C4=N/C(=C\c5[nH]c(c(C)c5C)C(C)(C)c5[nH]c(c(C)c5C)/C=C5\N=C(C6=N/C(=C\c7[nH]c(c(C)c7C)C(C)(C)c7[nH]c(c(C)c7C)/C=C7\N=C(C1=N2)C(CC)=C7CC)C(CC)=C6CC)C(CC)=C5CC)C(CC)=C4CC)C(CC)=C3CC. The van der Waals surface area contributed by atoms with E-state index < -0.39 is 16.2 Å². The van der Waals surface area contributed by atoms with Crippen LogP contribution in [0.5, 0.6) is 0 Å². The molecule has 12 heteroatoms. The van der Waals surface area contributed by atoms with Crippen molar-refractivity contribution in [1.82, 2.24) is 29.9 Å². The van der Waals surface area contributed by atoms with Crippen molar-refractivity contribution in [3.63, 3.8) is 0 Å². The van der Waals surface area contributed by atoms with Crippen molar-refractivity contribution in [2.24, 2.45) is 30.0 Å². The molecule has 6 N–H and O–H groups in total. The van der Waals surface area contributed by atoms with Crippen LogP contribution in [0, 0.1) is 83.1 Å². The maximum Gasteiger partial charge on any atom is 0.0932 e. The number of nitrogens with zero attached hydrogens (tertiary/aromatic N) is 6. The predicted octanol–water partition coefficient (Wildman–Crippen LogP) is 26.2. The van der Waals surface area contributed by atoms with Crippen molar-refractivity contribution < 1.29 is 0 Å². The topological polar surface area (TPSA) is 169 Å². The molecular weight excluding hydrogens is 1360 g/mol. The first kappa shape index (κ1) is 79.7. The number of H-pyrrole nitrogens is 6. The molecule has 24 bridgehead atoms. The lowest BCUT2D eigenvalue weighted by molar-refractivity contribution is 0.594. The van der Waals surface area contributed by atoms with Gasteiger partial charge >= 0.3 is 0 Å². The lowest BCUT2D eigenvalue weighted by atomic mass is 9.81. The summed E-state index contributed by atoms with van der Waals surface area (Å²) < 4.78 is 0. The van der Waals surface area contributed by atoms with Gasteiger partial charge in [-0.15, -0.1) is 0 Å². The summed E-state index contributed by atoms with van der Waals surface area (Å²) in [5, 5.41) is 0. The number of rotatable bonds is 12. The zero-order valence-electron chi connectivity index (χ0n) is 73.1. The van der Waals surface area contributed by atoms with E-state index in [9.17, 15) is 0 Å². The molecule has 0 atom stereocenters. The zero-order chi connectivity index (χ0) is 80.4. The second-order valence-electron chi connectivity index (χ2n) is 33.8. The number of fused-ring (bicyclic) bond motifs is 21. The van der Waals surface area contributed by atoms with Crippen LogP contribution in [0.2, 0.25) is 0 Å². The minimum absolute atomic E-state index is 0.414. The van der Waals surface area contributed by atoms with Crippen LogP contribution in [-0.4, -0.2) is 64.2 Å². The van der Waals surface area contributed by atoms with Crippen LogP contribution in [0.25, 0.3) is 36.5 Å². The maximum absolute atomic E-state index is 5.70. The van der Waals surface area contributed by atoms with Gasteiger partial charge in [0, 0.05) is 84.6 Å². The van der Waals surface area contributed by atoms with Crippen LogP contribution in [-0.2, 0) is 16.2 Å². The van der Waals surface area contributed by atoms with E-state index >= 15 is 0 Å². The fourth-order valence-corrected chi connectivity index (χ4v) is 19.9. The molecule has 0 saturated heterocycles. The Hall–Kier alpha value is -9.42. The molecule has 6 aromatic heterocycles. The Morgan fingerprint density at radius 1 is 0.189 bits per heavy atom. The van der Waals surface area contributed by atoms with Gasteiger partial charge in [0.25, 0.3) is 0 Å². The van der Waals surface area contributed by atoms with E-state index in [1.54, 1.807) is 0 Å². The molecule has 582 valence electrons. The zero-order valence-corrected chi connectivity index (χ0v) is 73.1. The van der Waals surface area contributed by atoms with Crippen LogP contribution in [0.4, 0.5) is 0 Å². The summed E-state index contributed by atoms with van der Waals surface area (Å²) in [5.41, 5.74) is 55.1. The quantitative estimate of drug-likeness (QED) is 0.0687. The highest BCUT2D eigenvalue weighted by atomic mass is 14.9. The Morgan fingerprint density at radius 3 is 0.414 bits per heavy atom. The summed E-state index contributed by atoms with van der Waals surface area (Å²) >= 11 is 0. The Labute approximate surface area is 663 Å². The third-order valence-electron chi connectivity index (χ3n) is 27.1.